The third-order valence-electron chi connectivity index (χ3n) is 2.34. The summed E-state index contributed by atoms with van der Waals surface area (Å²) in [5.74, 6) is 2.31. The van der Waals surface area contributed by atoms with Gasteiger partial charge < -0.3 is 5.73 Å². The summed E-state index contributed by atoms with van der Waals surface area (Å²) in [7, 11) is 0. The number of nitrogens with zero attached hydrogens (tertiary/aromatic N) is 1. The molecule has 0 radical (unpaired) electrons. The molecule has 4 heteroatoms. The van der Waals surface area contributed by atoms with Gasteiger partial charge in [0.05, 0.1) is 11.7 Å². The molecule has 0 fully saturated rings. The highest BCUT2D eigenvalue weighted by molar-refractivity contribution is 7.99. The van der Waals surface area contributed by atoms with Crippen molar-refractivity contribution < 1.29 is 0 Å². The first-order valence-electron chi connectivity index (χ1n) is 5.48. The van der Waals surface area contributed by atoms with E-state index in [0.717, 1.165) is 23.6 Å². The fourth-order valence-electron chi connectivity index (χ4n) is 1.42. The predicted molar refractivity (Wildman–Crippen MR) is 70.8 cm³/mol. The Morgan fingerprint density at radius 1 is 1.47 bits per heavy atom. The molecule has 0 amide bonds. The molecular weight excluding hydrogens is 224 g/mol. The van der Waals surface area contributed by atoms with Gasteiger partial charge in [-0.1, -0.05) is 13.8 Å². The monoisotopic (exact) mass is 244 g/mol. The van der Waals surface area contributed by atoms with Crippen molar-refractivity contribution in [2.75, 3.05) is 11.5 Å². The van der Waals surface area contributed by atoms with E-state index in [1.165, 1.54) is 16.3 Å². The van der Waals surface area contributed by atoms with Crippen LogP contribution in [0.2, 0.25) is 0 Å². The minimum Gasteiger partial charge on any atom is -0.322 e. The molecule has 1 atom stereocenters. The van der Waals surface area contributed by atoms with Gasteiger partial charge in [0.2, 0.25) is 0 Å². The third-order valence-corrected chi connectivity index (χ3v) is 4.42. The zero-order valence-corrected chi connectivity index (χ0v) is 11.4. The van der Waals surface area contributed by atoms with Gasteiger partial charge in [-0.3, -0.25) is 0 Å². The first-order valence-corrected chi connectivity index (χ1v) is 7.45. The first-order chi connectivity index (χ1) is 7.19. The second-order valence-corrected chi connectivity index (χ2v) is 6.13. The number of thiazole rings is 1. The van der Waals surface area contributed by atoms with E-state index >= 15 is 0 Å². The van der Waals surface area contributed by atoms with Crippen LogP contribution in [0.15, 0.2) is 0 Å². The molecular formula is C11H20N2S2. The van der Waals surface area contributed by atoms with Crippen LogP contribution in [0.4, 0.5) is 0 Å². The van der Waals surface area contributed by atoms with Crippen molar-refractivity contribution in [3.05, 3.63) is 15.6 Å². The van der Waals surface area contributed by atoms with E-state index < -0.39 is 0 Å². The van der Waals surface area contributed by atoms with Crippen LogP contribution >= 0.6 is 23.1 Å². The molecule has 0 aliphatic carbocycles. The molecule has 0 saturated carbocycles. The van der Waals surface area contributed by atoms with E-state index in [1.54, 1.807) is 11.3 Å². The largest absolute Gasteiger partial charge is 0.322 e. The topological polar surface area (TPSA) is 38.9 Å². The van der Waals surface area contributed by atoms with Crippen molar-refractivity contribution >= 4 is 23.1 Å². The molecule has 0 saturated heterocycles. The smallest absolute Gasteiger partial charge is 0.110 e. The van der Waals surface area contributed by atoms with Gasteiger partial charge in [0, 0.05) is 4.88 Å². The van der Waals surface area contributed by atoms with Crippen LogP contribution in [0.3, 0.4) is 0 Å². The first kappa shape index (κ1) is 13.0. The zero-order valence-electron chi connectivity index (χ0n) is 9.75. The molecule has 1 unspecified atom stereocenters. The minimum absolute atomic E-state index is 0.132. The van der Waals surface area contributed by atoms with Crippen LogP contribution in [0, 0.1) is 6.92 Å². The second-order valence-electron chi connectivity index (χ2n) is 3.50. The fourth-order valence-corrected chi connectivity index (χ4v) is 3.17. The van der Waals surface area contributed by atoms with Crippen molar-refractivity contribution in [2.24, 2.45) is 5.73 Å². The van der Waals surface area contributed by atoms with Gasteiger partial charge in [0.1, 0.15) is 5.01 Å². The van der Waals surface area contributed by atoms with E-state index in [-0.39, 0.29) is 6.04 Å². The van der Waals surface area contributed by atoms with Crippen LogP contribution in [0.25, 0.3) is 0 Å². The maximum Gasteiger partial charge on any atom is 0.110 e. The SMILES string of the molecule is CCSCCC(N)c1nc(CC)c(C)s1. The van der Waals surface area contributed by atoms with Crippen molar-refractivity contribution in [3.63, 3.8) is 0 Å². The highest BCUT2D eigenvalue weighted by atomic mass is 32.2. The Balaban J connectivity index is 2.53. The van der Waals surface area contributed by atoms with Crippen LogP contribution in [0.5, 0.6) is 0 Å². The Bertz CT molecular complexity index is 297. The third kappa shape index (κ3) is 3.78. The highest BCUT2D eigenvalue weighted by Crippen LogP contribution is 2.24. The van der Waals surface area contributed by atoms with Gasteiger partial charge >= 0.3 is 0 Å². The summed E-state index contributed by atoms with van der Waals surface area (Å²) >= 11 is 3.70. The summed E-state index contributed by atoms with van der Waals surface area (Å²) in [6.07, 6.45) is 2.05. The van der Waals surface area contributed by atoms with Gasteiger partial charge in [-0.15, -0.1) is 11.3 Å². The Morgan fingerprint density at radius 2 is 2.20 bits per heavy atom. The lowest BCUT2D eigenvalue weighted by Gasteiger charge is -2.06. The Kier molecular flexibility index (Phi) is 5.64. The summed E-state index contributed by atoms with van der Waals surface area (Å²) in [6, 6.07) is 0.132. The van der Waals surface area contributed by atoms with Gasteiger partial charge in [0.25, 0.3) is 0 Å². The number of aryl methyl sites for hydroxylation is 2. The molecule has 0 aliphatic rings. The zero-order chi connectivity index (χ0) is 11.3. The summed E-state index contributed by atoms with van der Waals surface area (Å²) in [4.78, 5) is 5.92. The minimum atomic E-state index is 0.132. The maximum absolute atomic E-state index is 6.11. The second kappa shape index (κ2) is 6.51. The molecule has 15 heavy (non-hydrogen) atoms. The number of aromatic nitrogens is 1. The molecule has 86 valence electrons. The molecule has 2 N–H and O–H groups in total. The van der Waals surface area contributed by atoms with E-state index in [1.807, 2.05) is 11.8 Å². The molecule has 1 aromatic heterocycles. The summed E-state index contributed by atoms with van der Waals surface area (Å²) < 4.78 is 0. The number of nitrogens with two attached hydrogens (primary N) is 1. The quantitative estimate of drug-likeness (QED) is 0.781. The average molecular weight is 244 g/mol. The maximum atomic E-state index is 6.11. The predicted octanol–water partition coefficient (Wildman–Crippen LogP) is 3.16. The lowest BCUT2D eigenvalue weighted by molar-refractivity contribution is 0.695. The summed E-state index contributed by atoms with van der Waals surface area (Å²) in [5.41, 5.74) is 7.32. The number of thioether (sulfide) groups is 1. The molecule has 2 nitrogen and oxygen atoms in total. The number of hydrogen-bond acceptors (Lipinski definition) is 4. The molecule has 0 spiro atoms. The normalized spacial score (nSPS) is 13.1. The molecule has 0 aliphatic heterocycles. The van der Waals surface area contributed by atoms with E-state index in [9.17, 15) is 0 Å². The van der Waals surface area contributed by atoms with Crippen molar-refractivity contribution in [1.29, 1.82) is 0 Å². The lowest BCUT2D eigenvalue weighted by atomic mass is 10.2. The van der Waals surface area contributed by atoms with Gasteiger partial charge in [-0.05, 0) is 31.3 Å². The fraction of sp³-hybridized carbons (Fsp3) is 0.727. The van der Waals surface area contributed by atoms with E-state index in [2.05, 4.69) is 25.8 Å². The number of rotatable bonds is 6. The molecule has 1 heterocycles. The van der Waals surface area contributed by atoms with E-state index in [0.29, 0.717) is 0 Å². The van der Waals surface area contributed by atoms with E-state index in [4.69, 9.17) is 5.73 Å². The Morgan fingerprint density at radius 3 is 2.73 bits per heavy atom. The van der Waals surface area contributed by atoms with Gasteiger partial charge in [-0.2, -0.15) is 11.8 Å². The summed E-state index contributed by atoms with van der Waals surface area (Å²) in [6.45, 7) is 6.46. The Hall–Kier alpha value is -0.0600. The highest BCUT2D eigenvalue weighted by Gasteiger charge is 2.12. The average Bonchev–Trinajstić information content (AvgIpc) is 2.60. The van der Waals surface area contributed by atoms with Crippen LogP contribution < -0.4 is 5.73 Å². The van der Waals surface area contributed by atoms with Crippen molar-refractivity contribution in [1.82, 2.24) is 4.98 Å². The van der Waals surface area contributed by atoms with Gasteiger partial charge in [0.15, 0.2) is 0 Å². The van der Waals surface area contributed by atoms with Crippen LogP contribution in [0.1, 0.15) is 41.9 Å². The molecule has 1 aromatic rings. The van der Waals surface area contributed by atoms with Crippen LogP contribution in [-0.4, -0.2) is 16.5 Å². The summed E-state index contributed by atoms with van der Waals surface area (Å²) in [5, 5.41) is 1.11. The molecule has 0 bridgehead atoms. The Labute approximate surface area is 101 Å². The lowest BCUT2D eigenvalue weighted by Crippen LogP contribution is -2.11. The van der Waals surface area contributed by atoms with Crippen LogP contribution in [-0.2, 0) is 6.42 Å². The standard InChI is InChI=1S/C11H20N2S2/c1-4-10-8(3)15-11(13-10)9(12)6-7-14-5-2/h9H,4-7,12H2,1-3H3. The van der Waals surface area contributed by atoms with Crippen molar-refractivity contribution in [2.45, 2.75) is 39.7 Å². The van der Waals surface area contributed by atoms with Crippen molar-refractivity contribution in [3.8, 4) is 0 Å². The number of hydrogen-bond donors (Lipinski definition) is 1. The van der Waals surface area contributed by atoms with Gasteiger partial charge in [-0.25, -0.2) is 4.98 Å². The molecule has 0 aromatic carbocycles. The molecule has 1 rings (SSSR count).